The predicted octanol–water partition coefficient (Wildman–Crippen LogP) is 3.01. The van der Waals surface area contributed by atoms with E-state index in [4.69, 9.17) is 4.74 Å². The smallest absolute Gasteiger partial charge is 0.317 e. The molecular formula is C22H35N3O2. The Morgan fingerprint density at radius 1 is 1.11 bits per heavy atom. The molecule has 0 bridgehead atoms. The molecule has 2 fully saturated rings. The van der Waals surface area contributed by atoms with Gasteiger partial charge in [0.15, 0.2) is 0 Å². The number of methoxy groups -OCH3 is 1. The first kappa shape index (κ1) is 20.2. The molecule has 5 heteroatoms. The van der Waals surface area contributed by atoms with Crippen LogP contribution in [-0.2, 0) is 11.2 Å². The Hall–Kier alpha value is -1.59. The van der Waals surface area contributed by atoms with Gasteiger partial charge in [0.25, 0.3) is 0 Å². The van der Waals surface area contributed by atoms with Gasteiger partial charge in [0.05, 0.1) is 6.61 Å². The molecule has 3 rings (SSSR count). The summed E-state index contributed by atoms with van der Waals surface area (Å²) in [6.07, 6.45) is 5.83. The van der Waals surface area contributed by atoms with Crippen LogP contribution in [0.4, 0.5) is 4.79 Å². The maximum absolute atomic E-state index is 12.5. The molecule has 0 aromatic heterocycles. The van der Waals surface area contributed by atoms with Crippen molar-refractivity contribution in [2.24, 2.45) is 11.8 Å². The molecule has 2 aliphatic rings. The van der Waals surface area contributed by atoms with Crippen LogP contribution in [0.25, 0.3) is 0 Å². The van der Waals surface area contributed by atoms with E-state index in [2.05, 4.69) is 40.5 Å². The van der Waals surface area contributed by atoms with Crippen molar-refractivity contribution in [1.29, 1.82) is 0 Å². The van der Waals surface area contributed by atoms with E-state index in [0.29, 0.717) is 5.92 Å². The van der Waals surface area contributed by atoms with Crippen LogP contribution in [-0.4, -0.2) is 68.8 Å². The van der Waals surface area contributed by atoms with E-state index >= 15 is 0 Å². The second-order valence-corrected chi connectivity index (χ2v) is 8.09. The summed E-state index contributed by atoms with van der Waals surface area (Å²) in [6, 6.07) is 10.9. The van der Waals surface area contributed by atoms with E-state index in [1.165, 1.54) is 18.4 Å². The number of urea groups is 1. The summed E-state index contributed by atoms with van der Waals surface area (Å²) in [5.41, 5.74) is 1.42. The van der Waals surface area contributed by atoms with Crippen molar-refractivity contribution in [3.05, 3.63) is 35.9 Å². The molecule has 1 N–H and O–H groups in total. The van der Waals surface area contributed by atoms with E-state index in [1.54, 1.807) is 7.11 Å². The summed E-state index contributed by atoms with van der Waals surface area (Å²) >= 11 is 0. The van der Waals surface area contributed by atoms with Crippen molar-refractivity contribution < 1.29 is 9.53 Å². The minimum atomic E-state index is 0.131. The lowest BCUT2D eigenvalue weighted by atomic mass is 9.90. The first-order chi connectivity index (χ1) is 13.2. The summed E-state index contributed by atoms with van der Waals surface area (Å²) in [5, 5.41) is 3.17. The van der Waals surface area contributed by atoms with Crippen molar-refractivity contribution in [2.75, 3.05) is 53.0 Å². The summed E-state index contributed by atoms with van der Waals surface area (Å²) in [6.45, 7) is 6.58. The summed E-state index contributed by atoms with van der Waals surface area (Å²) in [4.78, 5) is 16.9. The molecule has 2 heterocycles. The van der Waals surface area contributed by atoms with E-state index in [1.807, 2.05) is 4.90 Å². The maximum atomic E-state index is 12.5. The highest BCUT2D eigenvalue weighted by molar-refractivity contribution is 5.74. The number of carbonyl (C=O) groups is 1. The van der Waals surface area contributed by atoms with Crippen LogP contribution < -0.4 is 5.32 Å². The minimum Gasteiger partial charge on any atom is -0.383 e. The maximum Gasteiger partial charge on any atom is 0.317 e. The molecule has 1 atom stereocenters. The van der Waals surface area contributed by atoms with Gasteiger partial charge in [-0.3, -0.25) is 0 Å². The molecule has 0 aliphatic carbocycles. The number of carbonyl (C=O) groups excluding carboxylic acids is 1. The topological polar surface area (TPSA) is 44.8 Å². The van der Waals surface area contributed by atoms with Crippen LogP contribution in [0.3, 0.4) is 0 Å². The Morgan fingerprint density at radius 3 is 2.59 bits per heavy atom. The second kappa shape index (κ2) is 10.7. The number of hydrogen-bond donors (Lipinski definition) is 1. The Balaban J connectivity index is 1.29. The average molecular weight is 374 g/mol. The third-order valence-electron chi connectivity index (χ3n) is 6.11. The molecule has 0 saturated carbocycles. The van der Waals surface area contributed by atoms with Gasteiger partial charge >= 0.3 is 6.03 Å². The van der Waals surface area contributed by atoms with Crippen molar-refractivity contribution in [3.63, 3.8) is 0 Å². The monoisotopic (exact) mass is 373 g/mol. The van der Waals surface area contributed by atoms with E-state index in [9.17, 15) is 4.79 Å². The molecule has 0 radical (unpaired) electrons. The summed E-state index contributed by atoms with van der Waals surface area (Å²) in [5.74, 6) is 1.33. The molecule has 2 saturated heterocycles. The standard InChI is InChI=1S/C22H35N3O2/c1-27-16-15-24-12-9-21(18-24)17-23-22(26)25-13-10-20(11-14-25)8-7-19-5-3-2-4-6-19/h2-6,20-21H,7-18H2,1H3,(H,23,26). The number of rotatable bonds is 8. The molecule has 1 aromatic rings. The first-order valence-corrected chi connectivity index (χ1v) is 10.5. The van der Waals surface area contributed by atoms with E-state index in [-0.39, 0.29) is 6.03 Å². The van der Waals surface area contributed by atoms with Crippen LogP contribution in [0.15, 0.2) is 30.3 Å². The van der Waals surface area contributed by atoms with E-state index in [0.717, 1.165) is 71.1 Å². The van der Waals surface area contributed by atoms with Gasteiger partial charge in [0, 0.05) is 39.8 Å². The Morgan fingerprint density at radius 2 is 1.85 bits per heavy atom. The predicted molar refractivity (Wildman–Crippen MR) is 109 cm³/mol. The lowest BCUT2D eigenvalue weighted by molar-refractivity contribution is 0.157. The number of aryl methyl sites for hydroxylation is 1. The molecule has 1 unspecified atom stereocenters. The number of likely N-dealkylation sites (tertiary alicyclic amines) is 2. The molecule has 2 aliphatic heterocycles. The number of nitrogens with one attached hydrogen (secondary N) is 1. The molecule has 2 amide bonds. The normalized spacial score (nSPS) is 21.5. The van der Waals surface area contributed by atoms with Gasteiger partial charge in [-0.25, -0.2) is 4.79 Å². The quantitative estimate of drug-likeness (QED) is 0.762. The minimum absolute atomic E-state index is 0.131. The lowest BCUT2D eigenvalue weighted by Gasteiger charge is -2.32. The Bertz CT molecular complexity index is 558. The Kier molecular flexibility index (Phi) is 7.96. The summed E-state index contributed by atoms with van der Waals surface area (Å²) in [7, 11) is 1.75. The molecular weight excluding hydrogens is 338 g/mol. The zero-order chi connectivity index (χ0) is 18.9. The van der Waals surface area contributed by atoms with Gasteiger partial charge in [0.1, 0.15) is 0 Å². The largest absolute Gasteiger partial charge is 0.383 e. The summed E-state index contributed by atoms with van der Waals surface area (Å²) < 4.78 is 5.15. The van der Waals surface area contributed by atoms with E-state index < -0.39 is 0 Å². The van der Waals surface area contributed by atoms with Gasteiger partial charge in [-0.2, -0.15) is 0 Å². The SMILES string of the molecule is COCCN1CCC(CNC(=O)N2CCC(CCc3ccccc3)CC2)C1. The van der Waals surface area contributed by atoms with Crippen LogP contribution in [0.2, 0.25) is 0 Å². The second-order valence-electron chi connectivity index (χ2n) is 8.09. The number of ether oxygens (including phenoxy) is 1. The Labute approximate surface area is 164 Å². The highest BCUT2D eigenvalue weighted by atomic mass is 16.5. The number of piperidine rings is 1. The highest BCUT2D eigenvalue weighted by Gasteiger charge is 2.25. The number of hydrogen-bond acceptors (Lipinski definition) is 3. The van der Waals surface area contributed by atoms with Crippen LogP contribution in [0.1, 0.15) is 31.2 Å². The van der Waals surface area contributed by atoms with Gasteiger partial charge in [-0.1, -0.05) is 30.3 Å². The fourth-order valence-corrected chi connectivity index (χ4v) is 4.29. The van der Waals surface area contributed by atoms with Crippen LogP contribution in [0, 0.1) is 11.8 Å². The average Bonchev–Trinajstić information content (AvgIpc) is 3.18. The third kappa shape index (κ3) is 6.51. The zero-order valence-electron chi connectivity index (χ0n) is 16.7. The van der Waals surface area contributed by atoms with Crippen LogP contribution >= 0.6 is 0 Å². The van der Waals surface area contributed by atoms with Gasteiger partial charge in [0.2, 0.25) is 0 Å². The molecule has 0 spiro atoms. The van der Waals surface area contributed by atoms with Gasteiger partial charge < -0.3 is 19.9 Å². The number of amides is 2. The van der Waals surface area contributed by atoms with Crippen LogP contribution in [0.5, 0.6) is 0 Å². The molecule has 27 heavy (non-hydrogen) atoms. The third-order valence-corrected chi connectivity index (χ3v) is 6.11. The van der Waals surface area contributed by atoms with Crippen molar-refractivity contribution >= 4 is 6.03 Å². The fourth-order valence-electron chi connectivity index (χ4n) is 4.29. The fraction of sp³-hybridized carbons (Fsp3) is 0.682. The molecule has 5 nitrogen and oxygen atoms in total. The number of benzene rings is 1. The zero-order valence-corrected chi connectivity index (χ0v) is 16.7. The highest BCUT2D eigenvalue weighted by Crippen LogP contribution is 2.22. The first-order valence-electron chi connectivity index (χ1n) is 10.5. The lowest BCUT2D eigenvalue weighted by Crippen LogP contribution is -2.46. The molecule has 1 aromatic carbocycles. The van der Waals surface area contributed by atoms with Gasteiger partial charge in [-0.15, -0.1) is 0 Å². The van der Waals surface area contributed by atoms with Crippen molar-refractivity contribution in [1.82, 2.24) is 15.1 Å². The molecule has 150 valence electrons. The van der Waals surface area contributed by atoms with Gasteiger partial charge in [-0.05, 0) is 56.0 Å². The van der Waals surface area contributed by atoms with Crippen molar-refractivity contribution in [3.8, 4) is 0 Å². The van der Waals surface area contributed by atoms with Crippen molar-refractivity contribution in [2.45, 2.75) is 32.1 Å². The number of nitrogens with zero attached hydrogens (tertiary/aromatic N) is 2.